The number of carbonyl (C=O) groups excluding carboxylic acids is 2. The van der Waals surface area contributed by atoms with Gasteiger partial charge in [0.2, 0.25) is 5.60 Å². The van der Waals surface area contributed by atoms with Gasteiger partial charge in [-0.1, -0.05) is 24.3 Å². The van der Waals surface area contributed by atoms with Crippen molar-refractivity contribution in [3.63, 3.8) is 0 Å². The molecule has 3 aromatic rings. The zero-order valence-electron chi connectivity index (χ0n) is 19.3. The van der Waals surface area contributed by atoms with Gasteiger partial charge in [0.1, 0.15) is 11.4 Å². The van der Waals surface area contributed by atoms with E-state index in [-0.39, 0.29) is 12.2 Å². The van der Waals surface area contributed by atoms with Crippen molar-refractivity contribution in [2.45, 2.75) is 45.8 Å². The number of methoxy groups -OCH3 is 1. The first kappa shape index (κ1) is 23.3. The maximum absolute atomic E-state index is 13.2. The highest BCUT2D eigenvalue weighted by atomic mass is 16.6. The van der Waals surface area contributed by atoms with Crippen LogP contribution >= 0.6 is 0 Å². The number of esters is 1. The summed E-state index contributed by atoms with van der Waals surface area (Å²) in [4.78, 5) is 26.1. The molecule has 1 aromatic heterocycles. The number of aryl methyl sites for hydroxylation is 1. The lowest BCUT2D eigenvalue weighted by Crippen LogP contribution is -2.38. The quantitative estimate of drug-likeness (QED) is 0.588. The number of fused-ring (bicyclic) bond motifs is 1. The fourth-order valence-electron chi connectivity index (χ4n) is 3.65. The molecule has 170 valence electrons. The smallest absolute Gasteiger partial charge is 0.419 e. The van der Waals surface area contributed by atoms with Crippen molar-refractivity contribution >= 4 is 23.0 Å². The topological polar surface area (TPSA) is 87.0 Å². The summed E-state index contributed by atoms with van der Waals surface area (Å²) < 4.78 is 17.3. The summed E-state index contributed by atoms with van der Waals surface area (Å²) in [7, 11) is 1.53. The predicted octanol–water partition coefficient (Wildman–Crippen LogP) is 4.54. The number of nitrogens with zero attached hydrogens (tertiary/aromatic N) is 1. The number of hydrogen-bond acceptors (Lipinski definition) is 6. The van der Waals surface area contributed by atoms with Crippen LogP contribution in [0.1, 0.15) is 44.4 Å². The highest BCUT2D eigenvalue weighted by Crippen LogP contribution is 2.39. The SMILES string of the molecule is CCOC(=O)[C@@](O)(c1ccc(OC)cc1)c1cn(C(=O)OC(C)(C)C)c2cccc(C)c12. The summed E-state index contributed by atoms with van der Waals surface area (Å²) in [6, 6.07) is 11.9. The summed E-state index contributed by atoms with van der Waals surface area (Å²) in [5, 5.41) is 12.5. The van der Waals surface area contributed by atoms with Crippen LogP contribution in [0, 0.1) is 6.92 Å². The molecule has 7 heteroatoms. The third-order valence-corrected chi connectivity index (χ3v) is 5.10. The zero-order valence-corrected chi connectivity index (χ0v) is 19.3. The predicted molar refractivity (Wildman–Crippen MR) is 121 cm³/mol. The molecule has 0 unspecified atom stereocenters. The van der Waals surface area contributed by atoms with Crippen LogP contribution in [-0.4, -0.2) is 41.1 Å². The maximum atomic E-state index is 13.2. The molecule has 0 fully saturated rings. The first-order valence-corrected chi connectivity index (χ1v) is 10.4. The van der Waals surface area contributed by atoms with Crippen LogP contribution in [0.5, 0.6) is 5.75 Å². The third-order valence-electron chi connectivity index (χ3n) is 5.10. The Labute approximate surface area is 187 Å². The number of aromatic nitrogens is 1. The average molecular weight is 440 g/mol. The molecule has 1 N–H and O–H groups in total. The van der Waals surface area contributed by atoms with Gasteiger partial charge < -0.3 is 19.3 Å². The highest BCUT2D eigenvalue weighted by Gasteiger charge is 2.44. The normalized spacial score (nSPS) is 13.5. The lowest BCUT2D eigenvalue weighted by molar-refractivity contribution is -0.161. The van der Waals surface area contributed by atoms with Gasteiger partial charge in [-0.2, -0.15) is 0 Å². The molecule has 0 aliphatic heterocycles. The van der Waals surface area contributed by atoms with E-state index in [1.165, 1.54) is 17.9 Å². The van der Waals surface area contributed by atoms with Crippen molar-refractivity contribution < 1.29 is 28.9 Å². The van der Waals surface area contributed by atoms with Gasteiger partial charge in [0.15, 0.2) is 0 Å². The Morgan fingerprint density at radius 3 is 2.28 bits per heavy atom. The van der Waals surface area contributed by atoms with Crippen LogP contribution in [0.3, 0.4) is 0 Å². The molecule has 0 bridgehead atoms. The monoisotopic (exact) mass is 439 g/mol. The molecule has 0 saturated carbocycles. The Morgan fingerprint density at radius 1 is 1.06 bits per heavy atom. The molecule has 7 nitrogen and oxygen atoms in total. The van der Waals surface area contributed by atoms with Crippen molar-refractivity contribution in [3.05, 3.63) is 65.4 Å². The van der Waals surface area contributed by atoms with Gasteiger partial charge in [-0.25, -0.2) is 9.59 Å². The van der Waals surface area contributed by atoms with E-state index in [0.29, 0.717) is 22.2 Å². The van der Waals surface area contributed by atoms with E-state index in [1.807, 2.05) is 13.0 Å². The minimum absolute atomic E-state index is 0.0843. The molecule has 0 aliphatic carbocycles. The molecule has 0 spiro atoms. The van der Waals surface area contributed by atoms with E-state index >= 15 is 0 Å². The molecule has 0 aliphatic rings. The van der Waals surface area contributed by atoms with Gasteiger partial charge >= 0.3 is 12.1 Å². The maximum Gasteiger partial charge on any atom is 0.419 e. The number of rotatable bonds is 5. The fourth-order valence-corrected chi connectivity index (χ4v) is 3.65. The molecule has 0 saturated heterocycles. The molecule has 2 aromatic carbocycles. The Hall–Kier alpha value is -3.32. The van der Waals surface area contributed by atoms with Crippen LogP contribution < -0.4 is 4.74 Å². The summed E-state index contributed by atoms with van der Waals surface area (Å²) in [6.45, 7) is 8.92. The van der Waals surface area contributed by atoms with Crippen LogP contribution in [-0.2, 0) is 19.9 Å². The van der Waals surface area contributed by atoms with Gasteiger partial charge in [0, 0.05) is 17.1 Å². The second kappa shape index (κ2) is 8.67. The van der Waals surface area contributed by atoms with Crippen molar-refractivity contribution in [1.82, 2.24) is 4.57 Å². The molecular weight excluding hydrogens is 410 g/mol. The highest BCUT2D eigenvalue weighted by molar-refractivity contribution is 5.99. The van der Waals surface area contributed by atoms with Crippen molar-refractivity contribution in [2.75, 3.05) is 13.7 Å². The third kappa shape index (κ3) is 4.21. The summed E-state index contributed by atoms with van der Waals surface area (Å²) in [5.41, 5.74) is -1.03. The average Bonchev–Trinajstić information content (AvgIpc) is 3.14. The van der Waals surface area contributed by atoms with Crippen LogP contribution in [0.15, 0.2) is 48.7 Å². The Kier molecular flexibility index (Phi) is 6.32. The molecular formula is C25H29NO6. The molecule has 1 atom stereocenters. The van der Waals surface area contributed by atoms with Crippen molar-refractivity contribution in [3.8, 4) is 5.75 Å². The molecule has 3 rings (SSSR count). The van der Waals surface area contributed by atoms with Crippen LogP contribution in [0.25, 0.3) is 10.9 Å². The van der Waals surface area contributed by atoms with E-state index < -0.39 is 23.3 Å². The lowest BCUT2D eigenvalue weighted by Gasteiger charge is -2.26. The summed E-state index contributed by atoms with van der Waals surface area (Å²) in [5.74, 6) is -0.260. The molecule has 0 radical (unpaired) electrons. The van der Waals surface area contributed by atoms with Gasteiger partial charge in [-0.05, 0) is 63.9 Å². The first-order chi connectivity index (χ1) is 15.0. The first-order valence-electron chi connectivity index (χ1n) is 10.4. The van der Waals surface area contributed by atoms with Crippen molar-refractivity contribution in [2.24, 2.45) is 0 Å². The van der Waals surface area contributed by atoms with Gasteiger partial charge in [-0.15, -0.1) is 0 Å². The number of carbonyl (C=O) groups is 2. The van der Waals surface area contributed by atoms with E-state index in [2.05, 4.69) is 0 Å². The number of benzene rings is 2. The number of ether oxygens (including phenoxy) is 3. The van der Waals surface area contributed by atoms with E-state index in [0.717, 1.165) is 5.56 Å². The standard InChI is InChI=1S/C25H29NO6/c1-7-31-22(27)25(29,17-11-13-18(30-6)14-12-17)19-15-26(23(28)32-24(3,4)5)20-10-8-9-16(2)21(19)20/h8-15,29H,7H2,1-6H3/t25-/m1/s1. The fraction of sp³-hybridized carbons (Fsp3) is 0.360. The Morgan fingerprint density at radius 2 is 1.72 bits per heavy atom. The summed E-state index contributed by atoms with van der Waals surface area (Å²) in [6.07, 6.45) is 0.840. The molecule has 0 amide bonds. The minimum Gasteiger partial charge on any atom is -0.497 e. The van der Waals surface area contributed by atoms with E-state index in [1.54, 1.807) is 64.1 Å². The Balaban J connectivity index is 2.31. The van der Waals surface area contributed by atoms with E-state index in [4.69, 9.17) is 14.2 Å². The van der Waals surface area contributed by atoms with Crippen LogP contribution in [0.2, 0.25) is 0 Å². The second-order valence-corrected chi connectivity index (χ2v) is 8.52. The zero-order chi connectivity index (χ0) is 23.7. The number of hydrogen-bond donors (Lipinski definition) is 1. The van der Waals surface area contributed by atoms with Crippen LogP contribution in [0.4, 0.5) is 4.79 Å². The summed E-state index contributed by atoms with van der Waals surface area (Å²) >= 11 is 0. The largest absolute Gasteiger partial charge is 0.497 e. The van der Waals surface area contributed by atoms with Crippen molar-refractivity contribution in [1.29, 1.82) is 0 Å². The van der Waals surface area contributed by atoms with Gasteiger partial charge in [-0.3, -0.25) is 4.57 Å². The van der Waals surface area contributed by atoms with E-state index in [9.17, 15) is 14.7 Å². The lowest BCUT2D eigenvalue weighted by atomic mass is 9.85. The minimum atomic E-state index is -2.15. The van der Waals surface area contributed by atoms with Gasteiger partial charge in [0.25, 0.3) is 0 Å². The molecule has 32 heavy (non-hydrogen) atoms. The number of aliphatic hydroxyl groups is 1. The van der Waals surface area contributed by atoms with Gasteiger partial charge in [0.05, 0.1) is 19.2 Å². The second-order valence-electron chi connectivity index (χ2n) is 8.52. The Bertz CT molecular complexity index is 1140. The molecule has 1 heterocycles.